The van der Waals surface area contributed by atoms with Crippen LogP contribution in [0.2, 0.25) is 0 Å². The molecule has 0 aliphatic rings. The molecule has 0 bridgehead atoms. The molecule has 0 saturated carbocycles. The predicted octanol–water partition coefficient (Wildman–Crippen LogP) is 3.23. The fourth-order valence-electron chi connectivity index (χ4n) is 4.50. The molecular weight excluding hydrogens is 556 g/mol. The Labute approximate surface area is 257 Å². The summed E-state index contributed by atoms with van der Waals surface area (Å²) in [5.41, 5.74) is 3.45. The summed E-state index contributed by atoms with van der Waals surface area (Å²) in [6, 6.07) is 23.7. The quantitative estimate of drug-likeness (QED) is 0.216. The van der Waals surface area contributed by atoms with Crippen LogP contribution in [0, 0.1) is 0 Å². The standard InChI is InChI=1S/C34H38N6O4/c1-23(37-30(41)21-27-20-29(34(2,3)4)39-40(27)26-16-9-6-10-17-26)32(43)38-28(19-24-13-7-5-8-14-24)31(42)33(44)36-22-25-15-11-12-18-35-25/h5-18,20,23,28H,19,21-22H2,1-4H3,(H,36,44)(H,37,41)(H,38,43)/t23-,28-/m1/s1. The van der Waals surface area contributed by atoms with E-state index in [9.17, 15) is 19.2 Å². The Morgan fingerprint density at radius 3 is 2.16 bits per heavy atom. The maximum absolute atomic E-state index is 13.2. The van der Waals surface area contributed by atoms with Gasteiger partial charge in [-0.25, -0.2) is 4.68 Å². The van der Waals surface area contributed by atoms with Gasteiger partial charge in [0.1, 0.15) is 12.1 Å². The molecule has 3 amide bonds. The summed E-state index contributed by atoms with van der Waals surface area (Å²) < 4.78 is 1.74. The van der Waals surface area contributed by atoms with Crippen LogP contribution in [0.25, 0.3) is 5.69 Å². The van der Waals surface area contributed by atoms with Gasteiger partial charge in [0.05, 0.1) is 35.7 Å². The maximum atomic E-state index is 13.2. The summed E-state index contributed by atoms with van der Waals surface area (Å²) in [6.07, 6.45) is 1.68. The highest BCUT2D eigenvalue weighted by Gasteiger charge is 2.29. The molecule has 0 aliphatic carbocycles. The van der Waals surface area contributed by atoms with E-state index in [0.29, 0.717) is 11.4 Å². The molecule has 0 spiro atoms. The average Bonchev–Trinajstić information content (AvgIpc) is 3.45. The number of rotatable bonds is 12. The number of amides is 3. The molecule has 4 aromatic rings. The third-order valence-electron chi connectivity index (χ3n) is 6.96. The number of Topliss-reactive ketones (excluding diaryl/α,β-unsaturated/α-hetero) is 1. The molecule has 3 N–H and O–H groups in total. The zero-order valence-corrected chi connectivity index (χ0v) is 25.4. The fourth-order valence-corrected chi connectivity index (χ4v) is 4.50. The lowest BCUT2D eigenvalue weighted by Gasteiger charge is -2.21. The second kappa shape index (κ2) is 14.4. The Bertz CT molecular complexity index is 1580. The average molecular weight is 595 g/mol. The monoisotopic (exact) mass is 594 g/mol. The van der Waals surface area contributed by atoms with Crippen molar-refractivity contribution >= 4 is 23.5 Å². The first-order valence-electron chi connectivity index (χ1n) is 14.5. The van der Waals surface area contributed by atoms with Gasteiger partial charge < -0.3 is 16.0 Å². The second-order valence-corrected chi connectivity index (χ2v) is 11.6. The third kappa shape index (κ3) is 8.70. The molecule has 0 aliphatic heterocycles. The number of carbonyl (C=O) groups excluding carboxylic acids is 4. The smallest absolute Gasteiger partial charge is 0.289 e. The van der Waals surface area contributed by atoms with Gasteiger partial charge in [-0.15, -0.1) is 0 Å². The van der Waals surface area contributed by atoms with Crippen molar-refractivity contribution in [2.24, 2.45) is 0 Å². The first-order valence-corrected chi connectivity index (χ1v) is 14.5. The lowest BCUT2D eigenvalue weighted by molar-refractivity contribution is -0.140. The number of pyridine rings is 1. The molecule has 44 heavy (non-hydrogen) atoms. The summed E-state index contributed by atoms with van der Waals surface area (Å²) in [7, 11) is 0. The Morgan fingerprint density at radius 1 is 0.864 bits per heavy atom. The number of nitrogens with zero attached hydrogens (tertiary/aromatic N) is 3. The van der Waals surface area contributed by atoms with E-state index in [4.69, 9.17) is 5.10 Å². The number of benzene rings is 2. The van der Waals surface area contributed by atoms with Crippen LogP contribution in [0.5, 0.6) is 0 Å². The zero-order chi connectivity index (χ0) is 31.7. The lowest BCUT2D eigenvalue weighted by Crippen LogP contribution is -2.53. The minimum atomic E-state index is -1.14. The van der Waals surface area contributed by atoms with Crippen molar-refractivity contribution < 1.29 is 19.2 Å². The number of ketones is 1. The van der Waals surface area contributed by atoms with Crippen molar-refractivity contribution in [3.05, 3.63) is 114 Å². The van der Waals surface area contributed by atoms with E-state index in [2.05, 4.69) is 20.9 Å². The van der Waals surface area contributed by atoms with E-state index >= 15 is 0 Å². The summed E-state index contributed by atoms with van der Waals surface area (Å²) in [5, 5.41) is 12.7. The van der Waals surface area contributed by atoms with E-state index in [-0.39, 0.29) is 30.7 Å². The maximum Gasteiger partial charge on any atom is 0.289 e. The Balaban J connectivity index is 1.43. The normalized spacial score (nSPS) is 12.5. The summed E-state index contributed by atoms with van der Waals surface area (Å²) in [6.45, 7) is 7.75. The van der Waals surface area contributed by atoms with Crippen LogP contribution in [-0.4, -0.2) is 50.4 Å². The molecule has 4 rings (SSSR count). The van der Waals surface area contributed by atoms with Crippen LogP contribution in [-0.2, 0) is 44.0 Å². The van der Waals surface area contributed by atoms with E-state index in [0.717, 1.165) is 16.9 Å². The van der Waals surface area contributed by atoms with E-state index < -0.39 is 29.7 Å². The second-order valence-electron chi connectivity index (χ2n) is 11.6. The van der Waals surface area contributed by atoms with Crippen LogP contribution in [0.3, 0.4) is 0 Å². The third-order valence-corrected chi connectivity index (χ3v) is 6.96. The summed E-state index contributed by atoms with van der Waals surface area (Å²) in [5.74, 6) is -2.60. The molecule has 2 aromatic heterocycles. The van der Waals surface area contributed by atoms with Gasteiger partial charge in [0.15, 0.2) is 0 Å². The van der Waals surface area contributed by atoms with Crippen molar-refractivity contribution in [1.29, 1.82) is 0 Å². The predicted molar refractivity (Wildman–Crippen MR) is 167 cm³/mol. The Hall–Kier alpha value is -5.12. The molecule has 0 unspecified atom stereocenters. The number of aromatic nitrogens is 3. The Morgan fingerprint density at radius 2 is 1.52 bits per heavy atom. The Kier molecular flexibility index (Phi) is 10.4. The topological polar surface area (TPSA) is 135 Å². The number of carbonyl (C=O) groups is 4. The van der Waals surface area contributed by atoms with Gasteiger partial charge in [-0.1, -0.05) is 75.4 Å². The van der Waals surface area contributed by atoms with Crippen LogP contribution < -0.4 is 16.0 Å². The van der Waals surface area contributed by atoms with Crippen LogP contribution >= 0.6 is 0 Å². The van der Waals surface area contributed by atoms with Crippen molar-refractivity contribution in [3.8, 4) is 5.69 Å². The van der Waals surface area contributed by atoms with Crippen LogP contribution in [0.1, 0.15) is 50.3 Å². The number of nitrogens with one attached hydrogen (secondary N) is 3. The van der Waals surface area contributed by atoms with Crippen molar-refractivity contribution in [1.82, 2.24) is 30.7 Å². The first kappa shape index (κ1) is 31.8. The molecule has 0 saturated heterocycles. The number of hydrogen-bond acceptors (Lipinski definition) is 6. The molecular formula is C34H38N6O4. The summed E-state index contributed by atoms with van der Waals surface area (Å²) >= 11 is 0. The fraction of sp³-hybridized carbons (Fsp3) is 0.294. The van der Waals surface area contributed by atoms with E-state index in [1.165, 1.54) is 6.92 Å². The van der Waals surface area contributed by atoms with Gasteiger partial charge in [0.25, 0.3) is 5.91 Å². The molecule has 10 nitrogen and oxygen atoms in total. The number of para-hydroxylation sites is 1. The van der Waals surface area contributed by atoms with Gasteiger partial charge in [0.2, 0.25) is 17.6 Å². The molecule has 0 radical (unpaired) electrons. The summed E-state index contributed by atoms with van der Waals surface area (Å²) in [4.78, 5) is 56.5. The zero-order valence-electron chi connectivity index (χ0n) is 25.4. The van der Waals surface area contributed by atoms with E-state index in [1.807, 2.05) is 87.5 Å². The molecule has 2 atom stereocenters. The molecule has 228 valence electrons. The minimum absolute atomic E-state index is 0.0160. The minimum Gasteiger partial charge on any atom is -0.344 e. The van der Waals surface area contributed by atoms with E-state index in [1.54, 1.807) is 29.1 Å². The number of hydrogen-bond donors (Lipinski definition) is 3. The molecule has 10 heteroatoms. The highest BCUT2D eigenvalue weighted by atomic mass is 16.2. The van der Waals surface area contributed by atoms with Crippen molar-refractivity contribution in [2.45, 2.75) is 64.6 Å². The van der Waals surface area contributed by atoms with Gasteiger partial charge in [0, 0.05) is 18.0 Å². The molecule has 2 heterocycles. The van der Waals surface area contributed by atoms with Crippen LogP contribution in [0.4, 0.5) is 0 Å². The van der Waals surface area contributed by atoms with Gasteiger partial charge in [-0.3, -0.25) is 24.2 Å². The van der Waals surface area contributed by atoms with Gasteiger partial charge >= 0.3 is 0 Å². The van der Waals surface area contributed by atoms with Crippen LogP contribution in [0.15, 0.2) is 91.1 Å². The van der Waals surface area contributed by atoms with Gasteiger partial charge in [-0.2, -0.15) is 5.10 Å². The highest BCUT2D eigenvalue weighted by Crippen LogP contribution is 2.24. The SMILES string of the molecule is C[C@@H](NC(=O)Cc1cc(C(C)(C)C)nn1-c1ccccc1)C(=O)N[C@H](Cc1ccccc1)C(=O)C(=O)NCc1ccccn1. The van der Waals surface area contributed by atoms with Gasteiger partial charge in [-0.05, 0) is 42.8 Å². The highest BCUT2D eigenvalue weighted by molar-refractivity contribution is 6.38. The largest absolute Gasteiger partial charge is 0.344 e. The van der Waals surface area contributed by atoms with Crippen molar-refractivity contribution in [3.63, 3.8) is 0 Å². The van der Waals surface area contributed by atoms with Crippen molar-refractivity contribution in [2.75, 3.05) is 0 Å². The first-order chi connectivity index (χ1) is 21.0. The molecule has 0 fully saturated rings. The molecule has 2 aromatic carbocycles. The lowest BCUT2D eigenvalue weighted by atomic mass is 9.92.